The molecule has 1 aliphatic rings. The monoisotopic (exact) mass is 354 g/mol. The Morgan fingerprint density at radius 3 is 2.69 bits per heavy atom. The molecule has 0 saturated carbocycles. The molecule has 2 aromatic rings. The van der Waals surface area contributed by atoms with Crippen LogP contribution in [-0.2, 0) is 4.74 Å². The summed E-state index contributed by atoms with van der Waals surface area (Å²) in [5, 5.41) is 0. The van der Waals surface area contributed by atoms with E-state index in [1.807, 2.05) is 49.1 Å². The molecule has 0 aliphatic carbocycles. The largest absolute Gasteiger partial charge is 0.384 e. The van der Waals surface area contributed by atoms with E-state index in [1.165, 1.54) is 0 Å². The van der Waals surface area contributed by atoms with Crippen molar-refractivity contribution in [1.82, 2.24) is 9.88 Å². The lowest BCUT2D eigenvalue weighted by molar-refractivity contribution is -0.0236. The molecule has 0 unspecified atom stereocenters. The molecule has 1 aromatic heterocycles. The molecule has 1 aromatic carbocycles. The maximum Gasteiger partial charge on any atom is 0.254 e. The van der Waals surface area contributed by atoms with E-state index in [0.29, 0.717) is 37.6 Å². The molecular formula is C20H26N4O2. The molecule has 0 spiro atoms. The van der Waals surface area contributed by atoms with Crippen molar-refractivity contribution in [3.8, 4) is 11.1 Å². The molecule has 0 bridgehead atoms. The topological polar surface area (TPSA) is 94.5 Å². The summed E-state index contributed by atoms with van der Waals surface area (Å²) < 4.78 is 5.66. The zero-order valence-corrected chi connectivity index (χ0v) is 15.4. The van der Waals surface area contributed by atoms with Crippen LogP contribution in [0.4, 0.5) is 5.82 Å². The highest BCUT2D eigenvalue weighted by molar-refractivity contribution is 5.95. The Morgan fingerprint density at radius 1 is 1.31 bits per heavy atom. The van der Waals surface area contributed by atoms with Gasteiger partial charge in [-0.2, -0.15) is 0 Å². The summed E-state index contributed by atoms with van der Waals surface area (Å²) >= 11 is 0. The number of aromatic nitrogens is 1. The number of rotatable bonds is 4. The number of nitrogens with zero attached hydrogens (tertiary/aromatic N) is 2. The number of ether oxygens (including phenoxy) is 1. The quantitative estimate of drug-likeness (QED) is 0.877. The molecule has 1 saturated heterocycles. The predicted molar refractivity (Wildman–Crippen MR) is 103 cm³/mol. The first kappa shape index (κ1) is 18.4. The second kappa shape index (κ2) is 7.85. The highest BCUT2D eigenvalue weighted by Gasteiger charge is 2.24. The number of carbonyl (C=O) groups is 1. The van der Waals surface area contributed by atoms with Gasteiger partial charge in [0.25, 0.3) is 5.91 Å². The van der Waals surface area contributed by atoms with Crippen LogP contribution in [0.2, 0.25) is 0 Å². The van der Waals surface area contributed by atoms with Crippen molar-refractivity contribution in [3.63, 3.8) is 0 Å². The van der Waals surface area contributed by atoms with Gasteiger partial charge in [-0.15, -0.1) is 0 Å². The molecule has 0 radical (unpaired) electrons. The summed E-state index contributed by atoms with van der Waals surface area (Å²) in [5.74, 6) is 0.556. The molecule has 138 valence electrons. The van der Waals surface area contributed by atoms with Crippen molar-refractivity contribution in [1.29, 1.82) is 0 Å². The van der Waals surface area contributed by atoms with Crippen LogP contribution in [0.1, 0.15) is 28.0 Å². The van der Waals surface area contributed by atoms with Crippen molar-refractivity contribution in [3.05, 3.63) is 47.2 Å². The summed E-state index contributed by atoms with van der Waals surface area (Å²) in [6, 6.07) is 9.56. The lowest BCUT2D eigenvalue weighted by atomic mass is 9.98. The maximum atomic E-state index is 12.8. The molecular weight excluding hydrogens is 328 g/mol. The van der Waals surface area contributed by atoms with E-state index in [9.17, 15) is 4.79 Å². The Kier molecular flexibility index (Phi) is 5.54. The molecule has 4 N–H and O–H groups in total. The fourth-order valence-corrected chi connectivity index (χ4v) is 3.52. The molecule has 1 fully saturated rings. The number of nitrogen functional groups attached to an aromatic ring is 1. The molecule has 2 heterocycles. The molecule has 6 heteroatoms. The third kappa shape index (κ3) is 3.86. The first-order valence-corrected chi connectivity index (χ1v) is 8.94. The van der Waals surface area contributed by atoms with Crippen molar-refractivity contribution < 1.29 is 9.53 Å². The Bertz CT molecular complexity index is 764. The van der Waals surface area contributed by atoms with Gasteiger partial charge in [-0.05, 0) is 56.1 Å². The fraction of sp³-hybridized carbons (Fsp3) is 0.400. The number of morpholine rings is 1. The van der Waals surface area contributed by atoms with E-state index < -0.39 is 0 Å². The molecule has 1 atom stereocenters. The minimum Gasteiger partial charge on any atom is -0.384 e. The fourth-order valence-electron chi connectivity index (χ4n) is 3.52. The number of nitrogens with two attached hydrogens (primary N) is 2. The van der Waals surface area contributed by atoms with Crippen LogP contribution in [0.5, 0.6) is 0 Å². The van der Waals surface area contributed by atoms with Crippen LogP contribution >= 0.6 is 0 Å². The van der Waals surface area contributed by atoms with E-state index >= 15 is 0 Å². The molecule has 6 nitrogen and oxygen atoms in total. The maximum absolute atomic E-state index is 12.8. The second-order valence-corrected chi connectivity index (χ2v) is 6.72. The van der Waals surface area contributed by atoms with Crippen LogP contribution in [0.15, 0.2) is 30.3 Å². The van der Waals surface area contributed by atoms with E-state index in [1.54, 1.807) is 0 Å². The number of amides is 1. The predicted octanol–water partition coefficient (Wildman–Crippen LogP) is 2.14. The highest BCUT2D eigenvalue weighted by Crippen LogP contribution is 2.28. The number of anilines is 1. The van der Waals surface area contributed by atoms with Crippen LogP contribution in [0.25, 0.3) is 11.1 Å². The van der Waals surface area contributed by atoms with Gasteiger partial charge in [0.05, 0.1) is 12.7 Å². The number of pyridine rings is 1. The van der Waals surface area contributed by atoms with E-state index in [4.69, 9.17) is 16.2 Å². The summed E-state index contributed by atoms with van der Waals surface area (Å²) in [6.07, 6.45) is 0.800. The smallest absolute Gasteiger partial charge is 0.254 e. The normalized spacial score (nSPS) is 17.3. The van der Waals surface area contributed by atoms with Gasteiger partial charge in [0.15, 0.2) is 0 Å². The third-order valence-corrected chi connectivity index (χ3v) is 4.75. The summed E-state index contributed by atoms with van der Waals surface area (Å²) in [6.45, 7) is 6.30. The number of carbonyl (C=O) groups excluding carboxylic acids is 1. The van der Waals surface area contributed by atoms with Gasteiger partial charge in [-0.1, -0.05) is 12.1 Å². The van der Waals surface area contributed by atoms with Crippen LogP contribution in [0.3, 0.4) is 0 Å². The minimum absolute atomic E-state index is 0.0307. The Labute approximate surface area is 154 Å². The van der Waals surface area contributed by atoms with Gasteiger partial charge >= 0.3 is 0 Å². The van der Waals surface area contributed by atoms with Crippen molar-refractivity contribution in [2.24, 2.45) is 5.73 Å². The van der Waals surface area contributed by atoms with E-state index in [-0.39, 0.29) is 12.0 Å². The number of hydrogen-bond donors (Lipinski definition) is 2. The summed E-state index contributed by atoms with van der Waals surface area (Å²) in [4.78, 5) is 19.0. The first-order chi connectivity index (χ1) is 12.5. The van der Waals surface area contributed by atoms with Gasteiger partial charge in [-0.3, -0.25) is 4.79 Å². The van der Waals surface area contributed by atoms with Crippen LogP contribution in [-0.4, -0.2) is 48.1 Å². The zero-order valence-electron chi connectivity index (χ0n) is 15.4. The van der Waals surface area contributed by atoms with E-state index in [2.05, 4.69) is 4.98 Å². The van der Waals surface area contributed by atoms with Crippen molar-refractivity contribution in [2.45, 2.75) is 26.4 Å². The second-order valence-electron chi connectivity index (χ2n) is 6.72. The van der Waals surface area contributed by atoms with Crippen molar-refractivity contribution >= 4 is 11.7 Å². The van der Waals surface area contributed by atoms with Gasteiger partial charge in [0.2, 0.25) is 0 Å². The van der Waals surface area contributed by atoms with E-state index in [0.717, 1.165) is 28.8 Å². The van der Waals surface area contributed by atoms with Gasteiger partial charge < -0.3 is 21.1 Å². The van der Waals surface area contributed by atoms with Crippen molar-refractivity contribution in [2.75, 3.05) is 32.0 Å². The summed E-state index contributed by atoms with van der Waals surface area (Å²) in [7, 11) is 0. The highest BCUT2D eigenvalue weighted by atomic mass is 16.5. The number of benzene rings is 1. The third-order valence-electron chi connectivity index (χ3n) is 4.75. The molecule has 3 rings (SSSR count). The lowest BCUT2D eigenvalue weighted by Crippen LogP contribution is -2.46. The average Bonchev–Trinajstić information content (AvgIpc) is 2.61. The minimum atomic E-state index is 0.0307. The standard InChI is InChI=1S/C20H26N4O2/c1-13-11-18(22)23-14(2)19(13)15-3-5-16(6-4-15)20(25)24-9-10-26-17(12-24)7-8-21/h3-6,11,17H,7-10,12,21H2,1-2H3,(H2,22,23)/t17-/m1/s1. The molecule has 1 amide bonds. The Hall–Kier alpha value is -2.44. The summed E-state index contributed by atoms with van der Waals surface area (Å²) in [5.41, 5.74) is 16.1. The number of hydrogen-bond acceptors (Lipinski definition) is 5. The zero-order chi connectivity index (χ0) is 18.7. The Balaban J connectivity index is 1.78. The Morgan fingerprint density at radius 2 is 2.04 bits per heavy atom. The molecule has 26 heavy (non-hydrogen) atoms. The first-order valence-electron chi connectivity index (χ1n) is 8.94. The lowest BCUT2D eigenvalue weighted by Gasteiger charge is -2.33. The van der Waals surface area contributed by atoms with Gasteiger partial charge in [-0.25, -0.2) is 4.98 Å². The number of aryl methyl sites for hydroxylation is 2. The van der Waals surface area contributed by atoms with Gasteiger partial charge in [0, 0.05) is 29.9 Å². The van der Waals surface area contributed by atoms with Crippen LogP contribution in [0, 0.1) is 13.8 Å². The molecule has 1 aliphatic heterocycles. The SMILES string of the molecule is Cc1cc(N)nc(C)c1-c1ccc(C(=O)N2CCO[C@H](CCN)C2)cc1. The van der Waals surface area contributed by atoms with Crippen LogP contribution < -0.4 is 11.5 Å². The average molecular weight is 354 g/mol. The van der Waals surface area contributed by atoms with Gasteiger partial charge in [0.1, 0.15) is 5.82 Å².